The number of fused-ring (bicyclic) bond motifs is 3. The molecule has 0 aliphatic carbocycles. The second kappa shape index (κ2) is 10.6. The second-order valence-electron chi connectivity index (χ2n) is 11.3. The van der Waals surface area contributed by atoms with Crippen LogP contribution in [0.4, 0.5) is 5.69 Å². The number of methoxy groups -OCH3 is 1. The summed E-state index contributed by atoms with van der Waals surface area (Å²) in [7, 11) is -1.37. The van der Waals surface area contributed by atoms with Crippen molar-refractivity contribution in [3.8, 4) is 5.75 Å². The second-order valence-corrected chi connectivity index (χ2v) is 15.6. The largest absolute Gasteiger partial charge is 0.487 e. The van der Waals surface area contributed by atoms with E-state index in [2.05, 4.69) is 69.3 Å². The Morgan fingerprint density at radius 3 is 2.21 bits per heavy atom. The minimum absolute atomic E-state index is 0.0599. The van der Waals surface area contributed by atoms with Crippen molar-refractivity contribution in [3.05, 3.63) is 84.4 Å². The number of hydrogen-bond donors (Lipinski definition) is 1. The van der Waals surface area contributed by atoms with Crippen molar-refractivity contribution in [1.29, 1.82) is 0 Å². The van der Waals surface area contributed by atoms with Crippen LogP contribution in [0.15, 0.2) is 78.9 Å². The highest BCUT2D eigenvalue weighted by molar-refractivity contribution is 6.99. The highest BCUT2D eigenvalue weighted by Gasteiger charge is 2.52. The van der Waals surface area contributed by atoms with Gasteiger partial charge in [0.15, 0.2) is 0 Å². The highest BCUT2D eigenvalue weighted by Crippen LogP contribution is 2.47. The molecule has 7 heteroatoms. The third kappa shape index (κ3) is 4.86. The Morgan fingerprint density at radius 2 is 1.63 bits per heavy atom. The lowest BCUT2D eigenvalue weighted by atomic mass is 9.84. The maximum atomic E-state index is 12.2. The number of benzene rings is 3. The first-order chi connectivity index (χ1) is 18.2. The molecular formula is C31H37NO5Si. The van der Waals surface area contributed by atoms with E-state index in [1.54, 1.807) is 0 Å². The number of esters is 1. The van der Waals surface area contributed by atoms with Crippen LogP contribution in [0.25, 0.3) is 0 Å². The van der Waals surface area contributed by atoms with Crippen LogP contribution >= 0.6 is 0 Å². The number of carbonyl (C=O) groups excluding carboxylic acids is 1. The Labute approximate surface area is 226 Å². The number of anilines is 1. The zero-order valence-electron chi connectivity index (χ0n) is 22.6. The third-order valence-corrected chi connectivity index (χ3v) is 12.9. The Bertz CT molecular complexity index is 1220. The Hall–Kier alpha value is -3.13. The zero-order chi connectivity index (χ0) is 26.9. The molecule has 3 aromatic carbocycles. The molecule has 2 N–H and O–H groups in total. The molecule has 1 saturated heterocycles. The Balaban J connectivity index is 1.51. The molecule has 2 aliphatic heterocycles. The van der Waals surface area contributed by atoms with Gasteiger partial charge in [-0.25, -0.2) is 0 Å². The van der Waals surface area contributed by atoms with E-state index in [1.165, 1.54) is 17.5 Å². The molecular weight excluding hydrogens is 494 g/mol. The molecule has 0 saturated carbocycles. The number of hydrogen-bond acceptors (Lipinski definition) is 6. The molecule has 38 heavy (non-hydrogen) atoms. The lowest BCUT2D eigenvalue weighted by Crippen LogP contribution is -2.67. The van der Waals surface area contributed by atoms with Gasteiger partial charge in [-0.1, -0.05) is 81.4 Å². The molecule has 0 aromatic heterocycles. The molecule has 3 aromatic rings. The van der Waals surface area contributed by atoms with Gasteiger partial charge in [-0.15, -0.1) is 0 Å². The summed E-state index contributed by atoms with van der Waals surface area (Å²) in [6, 6.07) is 26.9. The van der Waals surface area contributed by atoms with Crippen LogP contribution in [0, 0.1) is 0 Å². The van der Waals surface area contributed by atoms with Crippen molar-refractivity contribution in [2.24, 2.45) is 0 Å². The van der Waals surface area contributed by atoms with Gasteiger partial charge in [0.2, 0.25) is 0 Å². The third-order valence-electron chi connectivity index (χ3n) is 7.85. The predicted octanol–water partition coefficient (Wildman–Crippen LogP) is 4.41. The normalized spacial score (nSPS) is 22.7. The Morgan fingerprint density at radius 1 is 1.00 bits per heavy atom. The molecule has 4 atom stereocenters. The number of ether oxygens (including phenoxy) is 3. The van der Waals surface area contributed by atoms with E-state index in [9.17, 15) is 4.79 Å². The average molecular weight is 532 g/mol. The van der Waals surface area contributed by atoms with Gasteiger partial charge in [0.25, 0.3) is 8.32 Å². The van der Waals surface area contributed by atoms with Crippen LogP contribution in [0.3, 0.4) is 0 Å². The summed E-state index contributed by atoms with van der Waals surface area (Å²) < 4.78 is 25.2. The number of rotatable bonds is 7. The molecule has 0 bridgehead atoms. The van der Waals surface area contributed by atoms with E-state index in [0.717, 1.165) is 11.3 Å². The fourth-order valence-corrected chi connectivity index (χ4v) is 10.7. The van der Waals surface area contributed by atoms with Gasteiger partial charge in [0.1, 0.15) is 18.0 Å². The van der Waals surface area contributed by atoms with Crippen molar-refractivity contribution in [3.63, 3.8) is 0 Å². The molecule has 0 unspecified atom stereocenters. The molecule has 0 spiro atoms. The summed E-state index contributed by atoms with van der Waals surface area (Å²) in [6.45, 7) is 7.12. The summed E-state index contributed by atoms with van der Waals surface area (Å²) in [5.74, 6) is 0.600. The topological polar surface area (TPSA) is 80.0 Å². The van der Waals surface area contributed by atoms with Crippen LogP contribution in [-0.2, 0) is 18.7 Å². The number of carbonyl (C=O) groups is 1. The summed E-state index contributed by atoms with van der Waals surface area (Å²) in [4.78, 5) is 12.2. The lowest BCUT2D eigenvalue weighted by molar-refractivity contribution is -0.155. The highest BCUT2D eigenvalue weighted by atomic mass is 28.4. The summed E-state index contributed by atoms with van der Waals surface area (Å²) in [5, 5.41) is 2.25. The molecule has 5 rings (SSSR count). The van der Waals surface area contributed by atoms with Crippen LogP contribution in [0.5, 0.6) is 5.75 Å². The van der Waals surface area contributed by atoms with Crippen molar-refractivity contribution in [1.82, 2.24) is 0 Å². The van der Waals surface area contributed by atoms with Gasteiger partial charge in [-0.2, -0.15) is 0 Å². The van der Waals surface area contributed by atoms with E-state index < -0.39 is 8.32 Å². The lowest BCUT2D eigenvalue weighted by Gasteiger charge is -2.45. The van der Waals surface area contributed by atoms with Crippen LogP contribution in [0.1, 0.15) is 45.1 Å². The predicted molar refractivity (Wildman–Crippen MR) is 151 cm³/mol. The molecule has 2 aliphatic rings. The number of nitrogens with two attached hydrogens (primary N) is 1. The van der Waals surface area contributed by atoms with E-state index >= 15 is 0 Å². The zero-order valence-corrected chi connectivity index (χ0v) is 23.6. The average Bonchev–Trinajstić information content (AvgIpc) is 3.27. The van der Waals surface area contributed by atoms with Gasteiger partial charge in [0.05, 0.1) is 26.2 Å². The quantitative estimate of drug-likeness (QED) is 0.276. The van der Waals surface area contributed by atoms with E-state index in [0.29, 0.717) is 18.7 Å². The van der Waals surface area contributed by atoms with E-state index in [-0.39, 0.29) is 41.7 Å². The first-order valence-electron chi connectivity index (χ1n) is 13.3. The van der Waals surface area contributed by atoms with Crippen molar-refractivity contribution in [2.45, 2.75) is 62.9 Å². The summed E-state index contributed by atoms with van der Waals surface area (Å²) in [6.07, 6.45) is -0.0380. The number of nitrogen functional groups attached to an aromatic ring is 1. The summed E-state index contributed by atoms with van der Waals surface area (Å²) in [5.41, 5.74) is 7.91. The molecule has 0 amide bonds. The van der Waals surface area contributed by atoms with Gasteiger partial charge in [0, 0.05) is 17.2 Å². The summed E-state index contributed by atoms with van der Waals surface area (Å²) >= 11 is 0. The van der Waals surface area contributed by atoms with E-state index in [1.807, 2.05) is 30.3 Å². The molecule has 2 heterocycles. The molecule has 6 nitrogen and oxygen atoms in total. The minimum Gasteiger partial charge on any atom is -0.487 e. The van der Waals surface area contributed by atoms with E-state index in [4.69, 9.17) is 24.4 Å². The molecule has 1 fully saturated rings. The van der Waals surface area contributed by atoms with Crippen LogP contribution < -0.4 is 20.8 Å². The minimum atomic E-state index is -2.77. The van der Waals surface area contributed by atoms with Gasteiger partial charge in [-0.05, 0) is 40.0 Å². The SMILES string of the molecule is COC(=O)C[C@H]1C[C@@H]2c3cc(N)ccc3O[C@@H]2[C@@H](CO[Si](c2ccccc2)(c2ccccc2)C(C)(C)C)O1. The monoisotopic (exact) mass is 531 g/mol. The first-order valence-corrected chi connectivity index (χ1v) is 15.2. The standard InChI is InChI=1S/C31H37NO5Si/c1-31(2,3)38(23-11-7-5-8-12-23,24-13-9-6-10-14-24)35-20-28-30-26(18-22(36-28)19-29(33)34-4)25-17-21(32)15-16-27(25)37-30/h5-17,22,26,28,30H,18-20,32H2,1-4H3/t22-,26-,28-,30+/m1/s1. The maximum absolute atomic E-state index is 12.2. The fraction of sp³-hybridized carbons (Fsp3) is 0.387. The van der Waals surface area contributed by atoms with Crippen LogP contribution in [0.2, 0.25) is 5.04 Å². The molecule has 200 valence electrons. The van der Waals surface area contributed by atoms with Crippen molar-refractivity contribution >= 4 is 30.3 Å². The maximum Gasteiger partial charge on any atom is 0.308 e. The van der Waals surface area contributed by atoms with Gasteiger partial charge >= 0.3 is 5.97 Å². The Kier molecular flexibility index (Phi) is 7.35. The van der Waals surface area contributed by atoms with Crippen LogP contribution in [-0.4, -0.2) is 46.3 Å². The fourth-order valence-electron chi connectivity index (χ4n) is 6.13. The molecule has 0 radical (unpaired) electrons. The van der Waals surface area contributed by atoms with Crippen molar-refractivity contribution < 1.29 is 23.4 Å². The first kappa shape index (κ1) is 26.5. The van der Waals surface area contributed by atoms with Gasteiger partial charge in [-0.3, -0.25) is 4.79 Å². The van der Waals surface area contributed by atoms with Gasteiger partial charge < -0.3 is 24.4 Å². The smallest absolute Gasteiger partial charge is 0.308 e. The van der Waals surface area contributed by atoms with Crippen molar-refractivity contribution in [2.75, 3.05) is 19.5 Å².